The molecular weight excluding hydrogens is 378 g/mol. The third kappa shape index (κ3) is 7.01. The summed E-state index contributed by atoms with van der Waals surface area (Å²) in [6.07, 6.45) is -0.600. The number of carbonyl (C=O) groups is 1. The van der Waals surface area contributed by atoms with Crippen molar-refractivity contribution in [1.29, 1.82) is 0 Å². The average molecular weight is 410 g/mol. The molecule has 2 rings (SSSR count). The molecule has 0 aliphatic heterocycles. The van der Waals surface area contributed by atoms with Gasteiger partial charge >= 0.3 is 6.03 Å². The summed E-state index contributed by atoms with van der Waals surface area (Å²) in [6.45, 7) is 9.37. The van der Waals surface area contributed by atoms with Gasteiger partial charge in [0.1, 0.15) is 0 Å². The van der Waals surface area contributed by atoms with Crippen LogP contribution >= 0.6 is 11.3 Å². The first-order valence-electron chi connectivity index (χ1n) is 9.56. The molecule has 0 aliphatic carbocycles. The number of aliphatic hydroxyl groups excluding tert-OH is 1. The number of anilines is 1. The first-order valence-corrected chi connectivity index (χ1v) is 10.4. The number of amides is 2. The molecule has 0 radical (unpaired) electrons. The first kappa shape index (κ1) is 22.5. The second-order valence-electron chi connectivity index (χ2n) is 7.35. The van der Waals surface area contributed by atoms with E-state index in [0.717, 1.165) is 15.2 Å². The highest BCUT2D eigenvalue weighted by atomic mass is 32.1. The molecule has 0 saturated heterocycles. The Labute approximate surface area is 170 Å². The molecule has 28 heavy (non-hydrogen) atoms. The lowest BCUT2D eigenvalue weighted by Crippen LogP contribution is -2.39. The largest absolute Gasteiger partial charge is 0.389 e. The fourth-order valence-electron chi connectivity index (χ4n) is 2.50. The molecule has 7 nitrogen and oxygen atoms in total. The highest BCUT2D eigenvalue weighted by Gasteiger charge is 2.15. The molecule has 156 valence electrons. The number of rotatable bonds is 10. The maximum absolute atomic E-state index is 12.4. The van der Waals surface area contributed by atoms with E-state index in [4.69, 9.17) is 9.47 Å². The van der Waals surface area contributed by atoms with Gasteiger partial charge in [0.05, 0.1) is 53.8 Å². The third-order valence-corrected chi connectivity index (χ3v) is 5.29. The van der Waals surface area contributed by atoms with Crippen molar-refractivity contribution in [3.8, 4) is 0 Å². The van der Waals surface area contributed by atoms with Gasteiger partial charge in [-0.3, -0.25) is 0 Å². The molecule has 0 bridgehead atoms. The summed E-state index contributed by atoms with van der Waals surface area (Å²) in [5, 5.41) is 14.0. The van der Waals surface area contributed by atoms with Crippen LogP contribution in [0.4, 0.5) is 10.5 Å². The fraction of sp³-hybridized carbons (Fsp3) is 0.600. The van der Waals surface area contributed by atoms with Crippen molar-refractivity contribution in [3.05, 3.63) is 23.2 Å². The van der Waals surface area contributed by atoms with Gasteiger partial charge in [-0.05, 0) is 32.0 Å². The second kappa shape index (κ2) is 10.7. The summed E-state index contributed by atoms with van der Waals surface area (Å²) >= 11 is 1.64. The lowest BCUT2D eigenvalue weighted by molar-refractivity contribution is -0.0144. The van der Waals surface area contributed by atoms with Crippen molar-refractivity contribution in [1.82, 2.24) is 9.88 Å². The second-order valence-corrected chi connectivity index (χ2v) is 8.41. The number of aliphatic hydroxyl groups is 1. The van der Waals surface area contributed by atoms with Gasteiger partial charge in [-0.15, -0.1) is 11.3 Å². The van der Waals surface area contributed by atoms with Gasteiger partial charge in [0.25, 0.3) is 0 Å². The average Bonchev–Trinajstić information content (AvgIpc) is 3.04. The molecule has 1 unspecified atom stereocenters. The van der Waals surface area contributed by atoms with E-state index < -0.39 is 6.10 Å². The minimum Gasteiger partial charge on any atom is -0.389 e. The van der Waals surface area contributed by atoms with Crippen LogP contribution in [-0.2, 0) is 9.47 Å². The highest BCUT2D eigenvalue weighted by Crippen LogP contribution is 2.29. The lowest BCUT2D eigenvalue weighted by Gasteiger charge is -2.21. The molecule has 1 heterocycles. The number of benzene rings is 1. The number of nitrogens with zero attached hydrogens (tertiary/aromatic N) is 2. The van der Waals surface area contributed by atoms with E-state index in [2.05, 4.69) is 24.1 Å². The first-order chi connectivity index (χ1) is 13.3. The van der Waals surface area contributed by atoms with Crippen molar-refractivity contribution in [2.24, 2.45) is 0 Å². The monoisotopic (exact) mass is 409 g/mol. The van der Waals surface area contributed by atoms with Crippen LogP contribution in [0.2, 0.25) is 0 Å². The van der Waals surface area contributed by atoms with Crippen LogP contribution in [0.5, 0.6) is 0 Å². The zero-order valence-electron chi connectivity index (χ0n) is 17.3. The zero-order chi connectivity index (χ0) is 20.7. The van der Waals surface area contributed by atoms with E-state index in [1.165, 1.54) is 4.90 Å². The number of likely N-dealkylation sites (N-methyl/N-ethyl adjacent to an activating group) is 1. The van der Waals surface area contributed by atoms with E-state index in [9.17, 15) is 9.90 Å². The number of hydrogen-bond donors (Lipinski definition) is 2. The Hall–Kier alpha value is -1.74. The number of thiazole rings is 1. The van der Waals surface area contributed by atoms with Crippen molar-refractivity contribution in [3.63, 3.8) is 0 Å². The van der Waals surface area contributed by atoms with Crippen LogP contribution in [0.3, 0.4) is 0 Å². The van der Waals surface area contributed by atoms with E-state index in [-0.39, 0.29) is 25.3 Å². The maximum Gasteiger partial charge on any atom is 0.321 e. The van der Waals surface area contributed by atoms with Gasteiger partial charge < -0.3 is 24.8 Å². The number of hydrogen-bond acceptors (Lipinski definition) is 6. The summed E-state index contributed by atoms with van der Waals surface area (Å²) in [4.78, 5) is 18.4. The Morgan fingerprint density at radius 3 is 2.71 bits per heavy atom. The quantitative estimate of drug-likeness (QED) is 0.585. The Morgan fingerprint density at radius 2 is 2.04 bits per heavy atom. The summed E-state index contributed by atoms with van der Waals surface area (Å²) in [7, 11) is 1.64. The highest BCUT2D eigenvalue weighted by molar-refractivity contribution is 7.18. The van der Waals surface area contributed by atoms with Crippen LogP contribution in [0.15, 0.2) is 18.2 Å². The zero-order valence-corrected chi connectivity index (χ0v) is 18.1. The minimum atomic E-state index is -0.757. The molecule has 1 atom stereocenters. The standard InChI is InChI=1S/C20H31N3O4S/c1-13(2)19-22-17-7-6-15(10-18(17)28-19)21-20(25)23(5)11-16(24)12-26-8-9-27-14(3)4/h6-7,10,13-14,16,24H,8-9,11-12H2,1-5H3,(H,21,25). The summed E-state index contributed by atoms with van der Waals surface area (Å²) in [5.41, 5.74) is 1.65. The van der Waals surface area contributed by atoms with Crippen molar-refractivity contribution >= 4 is 33.3 Å². The van der Waals surface area contributed by atoms with Gasteiger partial charge in [-0.25, -0.2) is 9.78 Å². The molecule has 1 aromatic carbocycles. The molecule has 2 N–H and O–H groups in total. The van der Waals surface area contributed by atoms with Crippen LogP contribution in [0, 0.1) is 0 Å². The Balaban J connectivity index is 1.80. The van der Waals surface area contributed by atoms with Gasteiger partial charge in [0.15, 0.2) is 0 Å². The van der Waals surface area contributed by atoms with Gasteiger partial charge in [-0.1, -0.05) is 13.8 Å². The molecule has 0 spiro atoms. The molecule has 2 amide bonds. The summed E-state index contributed by atoms with van der Waals surface area (Å²) < 4.78 is 11.8. The number of urea groups is 1. The fourth-order valence-corrected chi connectivity index (χ4v) is 3.51. The minimum absolute atomic E-state index is 0.157. The lowest BCUT2D eigenvalue weighted by atomic mass is 10.2. The van der Waals surface area contributed by atoms with E-state index >= 15 is 0 Å². The summed E-state index contributed by atoms with van der Waals surface area (Å²) in [5.74, 6) is 0.377. The topological polar surface area (TPSA) is 83.9 Å². The molecule has 0 saturated carbocycles. The van der Waals surface area contributed by atoms with E-state index in [1.54, 1.807) is 18.4 Å². The van der Waals surface area contributed by atoms with Crippen LogP contribution in [-0.4, -0.2) is 66.6 Å². The molecule has 1 aromatic heterocycles. The van der Waals surface area contributed by atoms with Crippen LogP contribution < -0.4 is 5.32 Å². The maximum atomic E-state index is 12.4. The molecular formula is C20H31N3O4S. The van der Waals surface area contributed by atoms with Crippen LogP contribution in [0.1, 0.15) is 38.6 Å². The SMILES string of the molecule is CC(C)OCCOCC(O)CN(C)C(=O)Nc1ccc2nc(C(C)C)sc2c1. The van der Waals surface area contributed by atoms with Crippen molar-refractivity contribution < 1.29 is 19.4 Å². The third-order valence-electron chi connectivity index (χ3n) is 3.97. The van der Waals surface area contributed by atoms with Crippen molar-refractivity contribution in [2.75, 3.05) is 38.7 Å². The van der Waals surface area contributed by atoms with Gasteiger partial charge in [0, 0.05) is 18.7 Å². The Bertz CT molecular complexity index is 763. The molecule has 2 aromatic rings. The Morgan fingerprint density at radius 1 is 1.29 bits per heavy atom. The number of aromatic nitrogens is 1. The normalized spacial score (nSPS) is 12.7. The van der Waals surface area contributed by atoms with Crippen molar-refractivity contribution in [2.45, 2.75) is 45.8 Å². The smallest absolute Gasteiger partial charge is 0.321 e. The number of fused-ring (bicyclic) bond motifs is 1. The van der Waals surface area contributed by atoms with E-state index in [1.807, 2.05) is 32.0 Å². The molecule has 0 aliphatic rings. The van der Waals surface area contributed by atoms with E-state index in [0.29, 0.717) is 24.8 Å². The molecule has 8 heteroatoms. The predicted molar refractivity (Wildman–Crippen MR) is 113 cm³/mol. The van der Waals surface area contributed by atoms with Gasteiger partial charge in [0.2, 0.25) is 0 Å². The predicted octanol–water partition coefficient (Wildman–Crippen LogP) is 3.69. The molecule has 0 fully saturated rings. The Kier molecular flexibility index (Phi) is 8.62. The van der Waals surface area contributed by atoms with Crippen LogP contribution in [0.25, 0.3) is 10.2 Å². The van der Waals surface area contributed by atoms with Gasteiger partial charge in [-0.2, -0.15) is 0 Å². The number of nitrogens with one attached hydrogen (secondary N) is 1. The number of ether oxygens (including phenoxy) is 2. The summed E-state index contributed by atoms with van der Waals surface area (Å²) in [6, 6.07) is 5.40. The number of carbonyl (C=O) groups excluding carboxylic acids is 1.